The fourth-order valence-corrected chi connectivity index (χ4v) is 4.75. The molecule has 0 saturated carbocycles. The lowest BCUT2D eigenvalue weighted by Gasteiger charge is -2.29. The topological polar surface area (TPSA) is 54.5 Å². The number of carbonyl (C=O) groups is 1. The number of hydrogen-bond donors (Lipinski definition) is 1. The second-order valence-electron chi connectivity index (χ2n) is 8.05. The van der Waals surface area contributed by atoms with Crippen LogP contribution >= 0.6 is 11.3 Å². The second kappa shape index (κ2) is 10.5. The molecule has 1 aliphatic rings. The number of nitrogens with one attached hydrogen (secondary N) is 1. The van der Waals surface area contributed by atoms with Crippen LogP contribution in [0.1, 0.15) is 26.5 Å². The number of aromatic nitrogens is 1. The summed E-state index contributed by atoms with van der Waals surface area (Å²) >= 11 is 0.620. The number of alkyl halides is 6. The normalized spacial score (nSPS) is 14.7. The van der Waals surface area contributed by atoms with E-state index in [1.165, 1.54) is 12.1 Å². The molecule has 1 fully saturated rings. The zero-order chi connectivity index (χ0) is 25.9. The lowest BCUT2D eigenvalue weighted by atomic mass is 10.1. The van der Waals surface area contributed by atoms with Crippen LogP contribution in [-0.2, 0) is 23.5 Å². The van der Waals surface area contributed by atoms with Gasteiger partial charge >= 0.3 is 12.4 Å². The highest BCUT2D eigenvalue weighted by atomic mass is 32.1. The molecular weight excluding hydrogens is 508 g/mol. The van der Waals surface area contributed by atoms with Crippen molar-refractivity contribution in [2.45, 2.75) is 18.8 Å². The Morgan fingerprint density at radius 1 is 1.00 bits per heavy atom. The van der Waals surface area contributed by atoms with Crippen LogP contribution in [0.5, 0.6) is 0 Å². The number of ether oxygens (including phenoxy) is 1. The van der Waals surface area contributed by atoms with Crippen molar-refractivity contribution in [1.82, 2.24) is 10.3 Å². The molecule has 1 aliphatic heterocycles. The highest BCUT2D eigenvalue weighted by Gasteiger charge is 2.40. The molecule has 0 radical (unpaired) electrons. The van der Waals surface area contributed by atoms with Crippen molar-refractivity contribution in [3.8, 4) is 10.6 Å². The summed E-state index contributed by atoms with van der Waals surface area (Å²) in [6, 6.07) is 11.5. The minimum Gasteiger partial charge on any atom is -0.378 e. The maximum absolute atomic E-state index is 13.7. The number of benzene rings is 2. The van der Waals surface area contributed by atoms with E-state index in [0.29, 0.717) is 48.8 Å². The molecule has 2 heterocycles. The fourth-order valence-electron chi connectivity index (χ4n) is 3.75. The smallest absolute Gasteiger partial charge is 0.378 e. The molecule has 0 aliphatic carbocycles. The third kappa shape index (κ3) is 6.16. The summed E-state index contributed by atoms with van der Waals surface area (Å²) in [6.07, 6.45) is -9.35. The van der Waals surface area contributed by atoms with Crippen LogP contribution in [0.2, 0.25) is 0 Å². The van der Waals surface area contributed by atoms with Gasteiger partial charge in [-0.3, -0.25) is 4.79 Å². The number of thiazole rings is 1. The van der Waals surface area contributed by atoms with E-state index >= 15 is 0 Å². The standard InChI is InChI=1S/C24H21F6N3O2S/c25-23(26,27)17-5-1-3-15(13-17)7-8-31-21(34)19-20(24(28,29)30)32-22(36-19)16-4-2-6-18(14-16)33-9-11-35-12-10-33/h1-6,13-14H,7-12H2,(H,31,34). The number of anilines is 1. The maximum atomic E-state index is 13.7. The van der Waals surface area contributed by atoms with Crippen molar-refractivity contribution in [3.05, 3.63) is 70.2 Å². The predicted octanol–water partition coefficient (Wildman–Crippen LogP) is 5.66. The molecule has 5 nitrogen and oxygen atoms in total. The molecular formula is C24H21F6N3O2S. The summed E-state index contributed by atoms with van der Waals surface area (Å²) < 4.78 is 85.0. The molecule has 0 unspecified atom stereocenters. The molecule has 36 heavy (non-hydrogen) atoms. The number of carbonyl (C=O) groups excluding carboxylic acids is 1. The Morgan fingerprint density at radius 2 is 1.72 bits per heavy atom. The van der Waals surface area contributed by atoms with Gasteiger partial charge in [-0.15, -0.1) is 11.3 Å². The van der Waals surface area contributed by atoms with Crippen LogP contribution in [-0.4, -0.2) is 43.7 Å². The van der Waals surface area contributed by atoms with Crippen molar-refractivity contribution in [2.75, 3.05) is 37.7 Å². The van der Waals surface area contributed by atoms with Gasteiger partial charge in [0.05, 0.1) is 18.8 Å². The van der Waals surface area contributed by atoms with E-state index in [9.17, 15) is 31.1 Å². The van der Waals surface area contributed by atoms with E-state index in [1.807, 2.05) is 11.0 Å². The summed E-state index contributed by atoms with van der Waals surface area (Å²) in [5, 5.41) is 2.42. The summed E-state index contributed by atoms with van der Waals surface area (Å²) in [4.78, 5) is 17.8. The van der Waals surface area contributed by atoms with Crippen LogP contribution in [0.4, 0.5) is 32.0 Å². The molecule has 0 atom stereocenters. The van der Waals surface area contributed by atoms with Crippen LogP contribution in [0.15, 0.2) is 48.5 Å². The number of hydrogen-bond acceptors (Lipinski definition) is 5. The van der Waals surface area contributed by atoms with Crippen molar-refractivity contribution in [3.63, 3.8) is 0 Å². The Morgan fingerprint density at radius 3 is 2.42 bits per heavy atom. The lowest BCUT2D eigenvalue weighted by Crippen LogP contribution is -2.36. The van der Waals surface area contributed by atoms with Gasteiger partial charge in [-0.2, -0.15) is 26.3 Å². The third-order valence-electron chi connectivity index (χ3n) is 5.52. The number of nitrogens with zero attached hydrogens (tertiary/aromatic N) is 2. The first kappa shape index (κ1) is 26.0. The van der Waals surface area contributed by atoms with Gasteiger partial charge < -0.3 is 15.0 Å². The van der Waals surface area contributed by atoms with E-state index in [0.717, 1.165) is 17.8 Å². The Bertz CT molecular complexity index is 1220. The molecule has 0 spiro atoms. The van der Waals surface area contributed by atoms with Gasteiger partial charge in [0, 0.05) is 30.9 Å². The SMILES string of the molecule is O=C(NCCc1cccc(C(F)(F)F)c1)c1sc(-c2cccc(N3CCOCC3)c2)nc1C(F)(F)F. The van der Waals surface area contributed by atoms with E-state index in [-0.39, 0.29) is 18.0 Å². The second-order valence-corrected chi connectivity index (χ2v) is 9.05. The molecule has 1 saturated heterocycles. The molecule has 4 rings (SSSR count). The Labute approximate surface area is 206 Å². The van der Waals surface area contributed by atoms with Gasteiger partial charge in [-0.05, 0) is 30.2 Å². The van der Waals surface area contributed by atoms with E-state index < -0.39 is 34.4 Å². The number of morpholine rings is 1. The van der Waals surface area contributed by atoms with E-state index in [2.05, 4.69) is 10.3 Å². The number of amides is 1. The van der Waals surface area contributed by atoms with Crippen molar-refractivity contribution >= 4 is 22.9 Å². The zero-order valence-electron chi connectivity index (χ0n) is 18.7. The average Bonchev–Trinajstić information content (AvgIpc) is 3.31. The lowest BCUT2D eigenvalue weighted by molar-refractivity contribution is -0.141. The minimum absolute atomic E-state index is 0.0181. The number of halogens is 6. The third-order valence-corrected chi connectivity index (χ3v) is 6.63. The van der Waals surface area contributed by atoms with Gasteiger partial charge in [0.2, 0.25) is 0 Å². The van der Waals surface area contributed by atoms with Crippen LogP contribution in [0.3, 0.4) is 0 Å². The summed E-state index contributed by atoms with van der Waals surface area (Å²) in [7, 11) is 0. The van der Waals surface area contributed by atoms with Crippen LogP contribution in [0, 0.1) is 0 Å². The van der Waals surface area contributed by atoms with Gasteiger partial charge in [0.25, 0.3) is 5.91 Å². The molecule has 1 amide bonds. The molecule has 1 aromatic heterocycles. The quantitative estimate of drug-likeness (QED) is 0.419. The van der Waals surface area contributed by atoms with Crippen molar-refractivity contribution < 1.29 is 35.9 Å². The summed E-state index contributed by atoms with van der Waals surface area (Å²) in [5.41, 5.74) is -0.580. The highest BCUT2D eigenvalue weighted by Crippen LogP contribution is 2.38. The van der Waals surface area contributed by atoms with Crippen LogP contribution < -0.4 is 10.2 Å². The summed E-state index contributed by atoms with van der Waals surface area (Å²) in [6.45, 7) is 2.25. The van der Waals surface area contributed by atoms with Gasteiger partial charge in [-0.1, -0.05) is 30.3 Å². The van der Waals surface area contributed by atoms with Gasteiger partial charge in [-0.25, -0.2) is 4.98 Å². The minimum atomic E-state index is -4.86. The van der Waals surface area contributed by atoms with Gasteiger partial charge in [0.15, 0.2) is 5.69 Å². The Kier molecular flexibility index (Phi) is 7.55. The van der Waals surface area contributed by atoms with Crippen molar-refractivity contribution in [1.29, 1.82) is 0 Å². The molecule has 2 aromatic carbocycles. The molecule has 0 bridgehead atoms. The molecule has 12 heteroatoms. The van der Waals surface area contributed by atoms with E-state index in [4.69, 9.17) is 4.74 Å². The average molecular weight is 530 g/mol. The molecule has 3 aromatic rings. The highest BCUT2D eigenvalue weighted by molar-refractivity contribution is 7.17. The first-order chi connectivity index (χ1) is 17.0. The van der Waals surface area contributed by atoms with E-state index in [1.54, 1.807) is 18.2 Å². The predicted molar refractivity (Wildman–Crippen MR) is 123 cm³/mol. The van der Waals surface area contributed by atoms with Gasteiger partial charge in [0.1, 0.15) is 9.88 Å². The molecule has 1 N–H and O–H groups in total. The number of rotatable bonds is 6. The largest absolute Gasteiger partial charge is 0.435 e. The van der Waals surface area contributed by atoms with Crippen LogP contribution in [0.25, 0.3) is 10.6 Å². The maximum Gasteiger partial charge on any atom is 0.435 e. The first-order valence-corrected chi connectivity index (χ1v) is 11.8. The summed E-state index contributed by atoms with van der Waals surface area (Å²) in [5.74, 6) is -0.984. The molecule has 192 valence electrons. The van der Waals surface area contributed by atoms with Crippen molar-refractivity contribution in [2.24, 2.45) is 0 Å². The Hall–Kier alpha value is -3.12. The monoisotopic (exact) mass is 529 g/mol. The Balaban J connectivity index is 1.51. The first-order valence-electron chi connectivity index (χ1n) is 11.0. The fraction of sp³-hybridized carbons (Fsp3) is 0.333. The zero-order valence-corrected chi connectivity index (χ0v) is 19.6.